The summed E-state index contributed by atoms with van der Waals surface area (Å²) in [6.45, 7) is 3.17. The van der Waals surface area contributed by atoms with Gasteiger partial charge in [0.1, 0.15) is 5.15 Å². The molecule has 18 heavy (non-hydrogen) atoms. The molecule has 0 radical (unpaired) electrons. The zero-order chi connectivity index (χ0) is 13.1. The predicted molar refractivity (Wildman–Crippen MR) is 76.2 cm³/mol. The fourth-order valence-electron chi connectivity index (χ4n) is 2.39. The Balaban J connectivity index is 1.96. The van der Waals surface area contributed by atoms with Crippen molar-refractivity contribution in [3.8, 4) is 0 Å². The summed E-state index contributed by atoms with van der Waals surface area (Å²) in [4.78, 5) is 8.84. The molecular weight excluding hydrogens is 269 g/mol. The molecule has 1 aliphatic heterocycles. The van der Waals surface area contributed by atoms with Crippen LogP contribution in [0.2, 0.25) is 10.2 Å². The maximum absolute atomic E-state index is 6.18. The smallest absolute Gasteiger partial charge is 0.130 e. The SMILES string of the molecule is CN1CCC(N(C)Cc2cnc(Cl)cc2Cl)CC1. The second kappa shape index (κ2) is 6.20. The molecule has 1 fully saturated rings. The molecule has 3 nitrogen and oxygen atoms in total. The second-order valence-electron chi connectivity index (χ2n) is 5.05. The van der Waals surface area contributed by atoms with Crippen LogP contribution in [0.15, 0.2) is 12.3 Å². The number of rotatable bonds is 3. The monoisotopic (exact) mass is 287 g/mol. The lowest BCUT2D eigenvalue weighted by Crippen LogP contribution is -2.41. The fraction of sp³-hybridized carbons (Fsp3) is 0.615. The van der Waals surface area contributed by atoms with Gasteiger partial charge in [0.05, 0.1) is 0 Å². The van der Waals surface area contributed by atoms with E-state index in [-0.39, 0.29) is 0 Å². The third-order valence-electron chi connectivity index (χ3n) is 3.63. The van der Waals surface area contributed by atoms with Crippen LogP contribution in [-0.2, 0) is 6.54 Å². The third kappa shape index (κ3) is 3.58. The lowest BCUT2D eigenvalue weighted by molar-refractivity contribution is 0.139. The summed E-state index contributed by atoms with van der Waals surface area (Å²) >= 11 is 12.0. The number of hydrogen-bond donors (Lipinski definition) is 0. The van der Waals surface area contributed by atoms with Crippen LogP contribution in [0.4, 0.5) is 0 Å². The van der Waals surface area contributed by atoms with Crippen molar-refractivity contribution in [2.75, 3.05) is 27.2 Å². The van der Waals surface area contributed by atoms with Crippen molar-refractivity contribution >= 4 is 23.2 Å². The van der Waals surface area contributed by atoms with E-state index in [9.17, 15) is 0 Å². The Hall–Kier alpha value is -0.350. The zero-order valence-electron chi connectivity index (χ0n) is 10.9. The van der Waals surface area contributed by atoms with E-state index in [1.165, 1.54) is 25.9 Å². The van der Waals surface area contributed by atoms with Gasteiger partial charge in [-0.15, -0.1) is 0 Å². The molecule has 0 spiro atoms. The van der Waals surface area contributed by atoms with E-state index in [0.717, 1.165) is 12.1 Å². The molecule has 0 unspecified atom stereocenters. The highest BCUT2D eigenvalue weighted by Gasteiger charge is 2.21. The summed E-state index contributed by atoms with van der Waals surface area (Å²) in [7, 11) is 4.33. The van der Waals surface area contributed by atoms with Crippen LogP contribution in [0.1, 0.15) is 18.4 Å². The lowest BCUT2D eigenvalue weighted by Gasteiger charge is -2.35. The fourth-order valence-corrected chi connectivity index (χ4v) is 2.81. The number of aromatic nitrogens is 1. The number of piperidine rings is 1. The van der Waals surface area contributed by atoms with Gasteiger partial charge in [-0.2, -0.15) is 0 Å². The van der Waals surface area contributed by atoms with E-state index in [1.54, 1.807) is 12.3 Å². The van der Waals surface area contributed by atoms with E-state index >= 15 is 0 Å². The summed E-state index contributed by atoms with van der Waals surface area (Å²) in [6.07, 6.45) is 4.20. The average Bonchev–Trinajstić information content (AvgIpc) is 2.33. The summed E-state index contributed by atoms with van der Waals surface area (Å²) in [5.41, 5.74) is 1.04. The Morgan fingerprint density at radius 3 is 2.67 bits per heavy atom. The van der Waals surface area contributed by atoms with Crippen molar-refractivity contribution in [2.45, 2.75) is 25.4 Å². The highest BCUT2D eigenvalue weighted by Crippen LogP contribution is 2.22. The Labute approximate surface area is 119 Å². The van der Waals surface area contributed by atoms with E-state index in [0.29, 0.717) is 16.2 Å². The molecule has 1 aromatic heterocycles. The maximum atomic E-state index is 6.18. The van der Waals surface area contributed by atoms with Crippen molar-refractivity contribution in [1.82, 2.24) is 14.8 Å². The lowest BCUT2D eigenvalue weighted by atomic mass is 10.0. The predicted octanol–water partition coefficient (Wildman–Crippen LogP) is 2.91. The molecule has 1 aliphatic rings. The quantitative estimate of drug-likeness (QED) is 0.797. The first-order valence-corrected chi connectivity index (χ1v) is 7.00. The topological polar surface area (TPSA) is 19.4 Å². The number of pyridine rings is 1. The van der Waals surface area contributed by atoms with Crippen molar-refractivity contribution in [3.63, 3.8) is 0 Å². The molecule has 0 saturated carbocycles. The van der Waals surface area contributed by atoms with Crippen molar-refractivity contribution < 1.29 is 0 Å². The molecular formula is C13H19Cl2N3. The van der Waals surface area contributed by atoms with E-state index < -0.39 is 0 Å². The highest BCUT2D eigenvalue weighted by atomic mass is 35.5. The minimum Gasteiger partial charge on any atom is -0.306 e. The first-order chi connectivity index (χ1) is 8.56. The summed E-state index contributed by atoms with van der Waals surface area (Å²) in [6, 6.07) is 2.34. The van der Waals surface area contributed by atoms with Gasteiger partial charge in [0.2, 0.25) is 0 Å². The molecule has 100 valence electrons. The van der Waals surface area contributed by atoms with Gasteiger partial charge >= 0.3 is 0 Å². The molecule has 2 heterocycles. The van der Waals surface area contributed by atoms with Crippen LogP contribution in [0.3, 0.4) is 0 Å². The average molecular weight is 288 g/mol. The number of nitrogens with zero attached hydrogens (tertiary/aromatic N) is 3. The molecule has 2 rings (SSSR count). The van der Waals surface area contributed by atoms with Gasteiger partial charge in [0.25, 0.3) is 0 Å². The van der Waals surface area contributed by atoms with Crippen LogP contribution < -0.4 is 0 Å². The van der Waals surface area contributed by atoms with Gasteiger partial charge in [0, 0.05) is 29.4 Å². The first-order valence-electron chi connectivity index (χ1n) is 6.25. The van der Waals surface area contributed by atoms with Crippen molar-refractivity contribution in [3.05, 3.63) is 28.0 Å². The molecule has 1 saturated heterocycles. The highest BCUT2D eigenvalue weighted by molar-refractivity contribution is 6.34. The minimum atomic E-state index is 0.450. The summed E-state index contributed by atoms with van der Waals surface area (Å²) in [5, 5.41) is 1.15. The zero-order valence-corrected chi connectivity index (χ0v) is 12.4. The van der Waals surface area contributed by atoms with E-state index in [2.05, 4.69) is 28.9 Å². The first kappa shape index (κ1) is 14.1. The van der Waals surface area contributed by atoms with Gasteiger partial charge in [-0.25, -0.2) is 4.98 Å². The van der Waals surface area contributed by atoms with Crippen LogP contribution in [0.5, 0.6) is 0 Å². The van der Waals surface area contributed by atoms with Gasteiger partial charge in [0.15, 0.2) is 0 Å². The summed E-state index contributed by atoms with van der Waals surface area (Å²) in [5.74, 6) is 0. The van der Waals surface area contributed by atoms with Crippen LogP contribution >= 0.6 is 23.2 Å². The number of hydrogen-bond acceptors (Lipinski definition) is 3. The molecule has 5 heteroatoms. The van der Waals surface area contributed by atoms with Gasteiger partial charge in [-0.1, -0.05) is 23.2 Å². The van der Waals surface area contributed by atoms with Crippen molar-refractivity contribution in [2.24, 2.45) is 0 Å². The molecule has 0 bridgehead atoms. The molecule has 0 atom stereocenters. The van der Waals surface area contributed by atoms with Crippen molar-refractivity contribution in [1.29, 1.82) is 0 Å². The van der Waals surface area contributed by atoms with Crippen LogP contribution in [-0.4, -0.2) is 48.0 Å². The summed E-state index contributed by atoms with van der Waals surface area (Å²) < 4.78 is 0. The van der Waals surface area contributed by atoms with E-state index in [4.69, 9.17) is 23.2 Å². The van der Waals surface area contributed by atoms with Crippen LogP contribution in [0, 0.1) is 0 Å². The Morgan fingerprint density at radius 2 is 2.06 bits per heavy atom. The second-order valence-corrected chi connectivity index (χ2v) is 5.84. The normalized spacial score (nSPS) is 18.5. The molecule has 0 N–H and O–H groups in total. The van der Waals surface area contributed by atoms with E-state index in [1.807, 2.05) is 0 Å². The molecule has 0 aliphatic carbocycles. The molecule has 0 aromatic carbocycles. The standard InChI is InChI=1S/C13H19Cl2N3/c1-17-5-3-11(4-6-17)18(2)9-10-8-16-13(15)7-12(10)14/h7-8,11H,3-6,9H2,1-2H3. The Bertz CT molecular complexity index is 403. The number of halogens is 2. The number of likely N-dealkylation sites (tertiary alicyclic amines) is 1. The van der Waals surface area contributed by atoms with Gasteiger partial charge < -0.3 is 4.90 Å². The van der Waals surface area contributed by atoms with Gasteiger partial charge in [-0.05, 0) is 46.1 Å². The minimum absolute atomic E-state index is 0.450. The Kier molecular flexibility index (Phi) is 4.84. The molecule has 0 amide bonds. The Morgan fingerprint density at radius 1 is 1.39 bits per heavy atom. The maximum Gasteiger partial charge on any atom is 0.130 e. The van der Waals surface area contributed by atoms with Crippen LogP contribution in [0.25, 0.3) is 0 Å². The third-order valence-corrected chi connectivity index (χ3v) is 4.19. The molecule has 1 aromatic rings. The largest absolute Gasteiger partial charge is 0.306 e. The van der Waals surface area contributed by atoms with Gasteiger partial charge in [-0.3, -0.25) is 4.90 Å².